The van der Waals surface area contributed by atoms with Gasteiger partial charge in [-0.15, -0.1) is 0 Å². The maximum absolute atomic E-state index is 13.6. The van der Waals surface area contributed by atoms with Crippen molar-refractivity contribution in [1.29, 1.82) is 0 Å². The average molecular weight is 339 g/mol. The van der Waals surface area contributed by atoms with Crippen LogP contribution in [0.3, 0.4) is 0 Å². The summed E-state index contributed by atoms with van der Waals surface area (Å²) in [7, 11) is 0. The van der Waals surface area contributed by atoms with Crippen LogP contribution in [0.5, 0.6) is 0 Å². The van der Waals surface area contributed by atoms with E-state index in [1.54, 1.807) is 0 Å². The van der Waals surface area contributed by atoms with Gasteiger partial charge < -0.3 is 15.4 Å². The fourth-order valence-electron chi connectivity index (χ4n) is 2.87. The molecule has 132 valence electrons. The Morgan fingerprint density at radius 2 is 2.12 bits per heavy atom. The molecule has 2 N–H and O–H groups in total. The number of aryl methyl sites for hydroxylation is 1. The maximum Gasteiger partial charge on any atom is 0.285 e. The van der Waals surface area contributed by atoms with Gasteiger partial charge in [0.05, 0.1) is 11.0 Å². The van der Waals surface area contributed by atoms with Crippen LogP contribution in [0.4, 0.5) is 10.1 Å². The predicted molar refractivity (Wildman–Crippen MR) is 86.3 cm³/mol. The molecule has 0 aromatic heterocycles. The van der Waals surface area contributed by atoms with Crippen LogP contribution in [0.2, 0.25) is 0 Å². The summed E-state index contributed by atoms with van der Waals surface area (Å²) >= 11 is 0. The first-order valence-electron chi connectivity index (χ1n) is 7.99. The number of hydrogen-bond acceptors (Lipinski definition) is 5. The van der Waals surface area contributed by atoms with Crippen LogP contribution >= 0.6 is 0 Å². The van der Waals surface area contributed by atoms with E-state index in [0.717, 1.165) is 18.6 Å². The molecule has 0 bridgehead atoms. The molecule has 0 radical (unpaired) electrons. The van der Waals surface area contributed by atoms with E-state index in [1.165, 1.54) is 11.8 Å². The summed E-state index contributed by atoms with van der Waals surface area (Å²) in [6.45, 7) is 3.44. The molecule has 1 fully saturated rings. The van der Waals surface area contributed by atoms with Crippen LogP contribution < -0.4 is 5.73 Å². The average Bonchev–Trinajstić information content (AvgIpc) is 2.54. The molecule has 1 saturated heterocycles. The number of benzene rings is 1. The largest absolute Gasteiger partial charge is 0.378 e. The molecule has 1 aromatic rings. The van der Waals surface area contributed by atoms with Crippen molar-refractivity contribution >= 4 is 11.6 Å². The summed E-state index contributed by atoms with van der Waals surface area (Å²) < 4.78 is 19.3. The van der Waals surface area contributed by atoms with E-state index in [0.29, 0.717) is 39.1 Å². The van der Waals surface area contributed by atoms with E-state index in [9.17, 15) is 19.3 Å². The lowest BCUT2D eigenvalue weighted by molar-refractivity contribution is -0.385. The summed E-state index contributed by atoms with van der Waals surface area (Å²) in [6, 6.07) is 2.00. The molecule has 24 heavy (non-hydrogen) atoms. The van der Waals surface area contributed by atoms with E-state index < -0.39 is 16.6 Å². The summed E-state index contributed by atoms with van der Waals surface area (Å²) in [5.41, 5.74) is 5.03. The highest BCUT2D eigenvalue weighted by atomic mass is 19.1. The van der Waals surface area contributed by atoms with Gasteiger partial charge in [0.2, 0.25) is 0 Å². The molecular formula is C16H22FN3O4. The minimum atomic E-state index is -0.651. The SMILES string of the molecule is Cc1cc(F)cc(C(=O)N2CCC(OCCCN)CC2)c1[N+](=O)[O-]. The zero-order valence-corrected chi connectivity index (χ0v) is 13.7. The molecule has 1 aliphatic heterocycles. The number of likely N-dealkylation sites (tertiary alicyclic amines) is 1. The third-order valence-electron chi connectivity index (χ3n) is 4.11. The zero-order chi connectivity index (χ0) is 17.7. The van der Waals surface area contributed by atoms with Crippen LogP contribution in [-0.2, 0) is 4.74 Å². The molecule has 0 unspecified atom stereocenters. The first kappa shape index (κ1) is 18.3. The normalized spacial score (nSPS) is 15.5. The Kier molecular flexibility index (Phi) is 6.22. The number of halogens is 1. The van der Waals surface area contributed by atoms with Crippen molar-refractivity contribution < 1.29 is 18.8 Å². The van der Waals surface area contributed by atoms with Gasteiger partial charge in [-0.05, 0) is 44.9 Å². The van der Waals surface area contributed by atoms with Gasteiger partial charge in [-0.3, -0.25) is 14.9 Å². The van der Waals surface area contributed by atoms with Crippen molar-refractivity contribution in [2.45, 2.75) is 32.3 Å². The van der Waals surface area contributed by atoms with Crippen molar-refractivity contribution in [1.82, 2.24) is 4.90 Å². The van der Waals surface area contributed by atoms with E-state index >= 15 is 0 Å². The number of nitro benzene ring substituents is 1. The minimum absolute atomic E-state index is 0.0600. The molecule has 0 spiro atoms. The van der Waals surface area contributed by atoms with Gasteiger partial charge in [-0.1, -0.05) is 0 Å². The number of nitrogens with zero attached hydrogens (tertiary/aromatic N) is 2. The topological polar surface area (TPSA) is 98.7 Å². The van der Waals surface area contributed by atoms with Gasteiger partial charge in [-0.2, -0.15) is 0 Å². The fraction of sp³-hybridized carbons (Fsp3) is 0.562. The predicted octanol–water partition coefficient (Wildman–Crippen LogP) is 2.01. The number of rotatable bonds is 6. The van der Waals surface area contributed by atoms with Crippen LogP contribution in [0.25, 0.3) is 0 Å². The van der Waals surface area contributed by atoms with Crippen LogP contribution in [-0.4, -0.2) is 48.1 Å². The number of amides is 1. The van der Waals surface area contributed by atoms with Crippen molar-refractivity contribution in [3.8, 4) is 0 Å². The Morgan fingerprint density at radius 1 is 1.46 bits per heavy atom. The second kappa shape index (κ2) is 8.16. The first-order chi connectivity index (χ1) is 11.4. The summed E-state index contributed by atoms with van der Waals surface area (Å²) in [6.07, 6.45) is 2.15. The number of nitrogens with two attached hydrogens (primary N) is 1. The standard InChI is InChI=1S/C16H22FN3O4/c1-11-9-12(17)10-14(15(11)20(22)23)16(21)19-6-3-13(4-7-19)24-8-2-5-18/h9-10,13H,2-8,18H2,1H3. The van der Waals surface area contributed by atoms with Crippen LogP contribution in [0, 0.1) is 22.9 Å². The number of nitro groups is 1. The number of piperidine rings is 1. The first-order valence-corrected chi connectivity index (χ1v) is 7.99. The van der Waals surface area contributed by atoms with Gasteiger partial charge in [0.25, 0.3) is 11.6 Å². The van der Waals surface area contributed by atoms with Gasteiger partial charge in [0.15, 0.2) is 0 Å². The highest BCUT2D eigenvalue weighted by Crippen LogP contribution is 2.27. The quantitative estimate of drug-likeness (QED) is 0.485. The summed E-state index contributed by atoms with van der Waals surface area (Å²) in [5.74, 6) is -1.16. The monoisotopic (exact) mass is 339 g/mol. The molecule has 8 heteroatoms. The summed E-state index contributed by atoms with van der Waals surface area (Å²) in [5, 5.41) is 11.2. The fourth-order valence-corrected chi connectivity index (χ4v) is 2.87. The molecule has 0 atom stereocenters. The Labute approximate surface area is 139 Å². The van der Waals surface area contributed by atoms with Gasteiger partial charge in [0.1, 0.15) is 11.4 Å². The van der Waals surface area contributed by atoms with Gasteiger partial charge in [0, 0.05) is 25.3 Å². The number of carbonyl (C=O) groups is 1. The second-order valence-corrected chi connectivity index (χ2v) is 5.88. The lowest BCUT2D eigenvalue weighted by Gasteiger charge is -2.32. The van der Waals surface area contributed by atoms with E-state index in [2.05, 4.69) is 0 Å². The zero-order valence-electron chi connectivity index (χ0n) is 13.7. The van der Waals surface area contributed by atoms with Crippen LogP contribution in [0.1, 0.15) is 35.2 Å². The Morgan fingerprint density at radius 3 is 2.71 bits per heavy atom. The van der Waals surface area contributed by atoms with Gasteiger partial charge in [-0.25, -0.2) is 4.39 Å². The lowest BCUT2D eigenvalue weighted by atomic mass is 10.0. The minimum Gasteiger partial charge on any atom is -0.378 e. The highest BCUT2D eigenvalue weighted by molar-refractivity contribution is 5.98. The number of carbonyl (C=O) groups excluding carboxylic acids is 1. The van der Waals surface area contributed by atoms with Crippen molar-refractivity contribution in [3.05, 3.63) is 39.2 Å². The Bertz CT molecular complexity index is 616. The number of ether oxygens (including phenoxy) is 1. The van der Waals surface area contributed by atoms with Crippen molar-refractivity contribution in [2.24, 2.45) is 5.73 Å². The molecule has 1 aliphatic rings. The summed E-state index contributed by atoms with van der Waals surface area (Å²) in [4.78, 5) is 24.7. The molecule has 1 amide bonds. The second-order valence-electron chi connectivity index (χ2n) is 5.88. The maximum atomic E-state index is 13.6. The molecule has 0 aliphatic carbocycles. The van der Waals surface area contributed by atoms with E-state index in [4.69, 9.17) is 10.5 Å². The smallest absolute Gasteiger partial charge is 0.285 e. The lowest BCUT2D eigenvalue weighted by Crippen LogP contribution is -2.41. The molecule has 1 heterocycles. The molecule has 2 rings (SSSR count). The van der Waals surface area contributed by atoms with Crippen LogP contribution in [0.15, 0.2) is 12.1 Å². The Hall–Kier alpha value is -2.06. The number of hydrogen-bond donors (Lipinski definition) is 1. The third-order valence-corrected chi connectivity index (χ3v) is 4.11. The molecular weight excluding hydrogens is 317 g/mol. The van der Waals surface area contributed by atoms with Crippen molar-refractivity contribution in [2.75, 3.05) is 26.2 Å². The van der Waals surface area contributed by atoms with Gasteiger partial charge >= 0.3 is 0 Å². The molecule has 1 aromatic carbocycles. The van der Waals surface area contributed by atoms with E-state index in [-0.39, 0.29) is 22.9 Å². The van der Waals surface area contributed by atoms with E-state index in [1.807, 2.05) is 0 Å². The molecule has 0 saturated carbocycles. The highest BCUT2D eigenvalue weighted by Gasteiger charge is 2.30. The Balaban J connectivity index is 2.07. The molecule has 7 nitrogen and oxygen atoms in total. The third kappa shape index (κ3) is 4.27. The van der Waals surface area contributed by atoms with Crippen molar-refractivity contribution in [3.63, 3.8) is 0 Å².